The molecule has 28 heavy (non-hydrogen) atoms. The summed E-state index contributed by atoms with van der Waals surface area (Å²) < 4.78 is 5.38. The van der Waals surface area contributed by atoms with Gasteiger partial charge in [0.1, 0.15) is 0 Å². The normalized spacial score (nSPS) is 36.4. The van der Waals surface area contributed by atoms with Crippen LogP contribution >= 0.6 is 11.3 Å². The zero-order chi connectivity index (χ0) is 20.1. The highest BCUT2D eigenvalue weighted by atomic mass is 32.1. The van der Waals surface area contributed by atoms with Gasteiger partial charge in [-0.15, -0.1) is 11.3 Å². The van der Waals surface area contributed by atoms with Crippen LogP contribution in [-0.2, 0) is 16.0 Å². The molecule has 1 amide bonds. The summed E-state index contributed by atoms with van der Waals surface area (Å²) in [5, 5.41) is 15.6. The lowest BCUT2D eigenvalue weighted by molar-refractivity contribution is -0.148. The van der Waals surface area contributed by atoms with E-state index in [0.29, 0.717) is 26.3 Å². The van der Waals surface area contributed by atoms with E-state index >= 15 is 0 Å². The van der Waals surface area contributed by atoms with Crippen LogP contribution in [-0.4, -0.2) is 60.4 Å². The first-order valence-corrected chi connectivity index (χ1v) is 11.4. The third-order valence-electron chi connectivity index (χ3n) is 7.49. The minimum atomic E-state index is -0.471. The lowest BCUT2D eigenvalue weighted by Gasteiger charge is -2.53. The summed E-state index contributed by atoms with van der Waals surface area (Å²) in [6, 6.07) is 0. The number of nitrogens with zero attached hydrogens (tertiary/aromatic N) is 2. The number of nitrogens with one attached hydrogen (secondary N) is 1. The van der Waals surface area contributed by atoms with Gasteiger partial charge in [0.15, 0.2) is 5.13 Å². The number of carbonyl (C=O) groups excluding carboxylic acids is 1. The fourth-order valence-electron chi connectivity index (χ4n) is 5.91. The van der Waals surface area contributed by atoms with E-state index in [4.69, 9.17) is 9.72 Å². The van der Waals surface area contributed by atoms with Gasteiger partial charge in [0.2, 0.25) is 5.91 Å². The molecule has 1 saturated carbocycles. The average Bonchev–Trinajstić information content (AvgIpc) is 3.10. The van der Waals surface area contributed by atoms with Gasteiger partial charge in [-0.3, -0.25) is 4.79 Å². The second kappa shape index (κ2) is 7.58. The SMILES string of the molecule is CNc1nc2c(s1)C[C@@]1(C)CC[C@@H]([C@H](C)C(=O)N3CCOCC3)[C@H](O)[C@H]1[C@H]2C. The van der Waals surface area contributed by atoms with Crippen molar-refractivity contribution in [3.05, 3.63) is 10.6 Å². The van der Waals surface area contributed by atoms with Gasteiger partial charge in [0, 0.05) is 36.9 Å². The lowest BCUT2D eigenvalue weighted by atomic mass is 9.53. The van der Waals surface area contributed by atoms with Gasteiger partial charge >= 0.3 is 0 Å². The third-order valence-corrected chi connectivity index (χ3v) is 8.58. The Morgan fingerprint density at radius 1 is 1.43 bits per heavy atom. The van der Waals surface area contributed by atoms with Crippen molar-refractivity contribution in [1.82, 2.24) is 9.88 Å². The van der Waals surface area contributed by atoms with Crippen molar-refractivity contribution in [3.8, 4) is 0 Å². The van der Waals surface area contributed by atoms with E-state index in [2.05, 4.69) is 19.2 Å². The molecular weight excluding hydrogens is 374 g/mol. The van der Waals surface area contributed by atoms with Crippen molar-refractivity contribution < 1.29 is 14.6 Å². The van der Waals surface area contributed by atoms with Gasteiger partial charge in [-0.25, -0.2) is 4.98 Å². The van der Waals surface area contributed by atoms with Gasteiger partial charge in [-0.05, 0) is 36.5 Å². The van der Waals surface area contributed by atoms with Gasteiger partial charge in [-0.1, -0.05) is 20.8 Å². The molecule has 2 fully saturated rings. The summed E-state index contributed by atoms with van der Waals surface area (Å²) in [7, 11) is 1.91. The van der Waals surface area contributed by atoms with Crippen LogP contribution in [0.5, 0.6) is 0 Å². The second-order valence-corrected chi connectivity index (χ2v) is 10.2. The van der Waals surface area contributed by atoms with Crippen LogP contribution in [0.4, 0.5) is 5.13 Å². The number of hydrogen-bond acceptors (Lipinski definition) is 6. The average molecular weight is 408 g/mol. The number of fused-ring (bicyclic) bond motifs is 2. The molecule has 6 nitrogen and oxygen atoms in total. The molecule has 0 aromatic carbocycles. The number of carbonyl (C=O) groups is 1. The minimum absolute atomic E-state index is 0.0137. The topological polar surface area (TPSA) is 74.7 Å². The lowest BCUT2D eigenvalue weighted by Crippen LogP contribution is -2.54. The number of amides is 1. The Labute approximate surface area is 171 Å². The molecule has 1 aromatic rings. The zero-order valence-corrected chi connectivity index (χ0v) is 18.2. The molecular formula is C21H33N3O3S. The Bertz CT molecular complexity index is 732. The molecule has 1 aromatic heterocycles. The Balaban J connectivity index is 1.56. The number of thiazole rings is 1. The molecule has 2 heterocycles. The quantitative estimate of drug-likeness (QED) is 0.806. The van der Waals surface area contributed by atoms with Gasteiger partial charge in [-0.2, -0.15) is 0 Å². The summed E-state index contributed by atoms with van der Waals surface area (Å²) in [6.45, 7) is 9.10. The molecule has 1 saturated heterocycles. The van der Waals surface area contributed by atoms with E-state index in [1.54, 1.807) is 11.3 Å². The summed E-state index contributed by atoms with van der Waals surface area (Å²) in [4.78, 5) is 21.1. The van der Waals surface area contributed by atoms with Crippen molar-refractivity contribution in [2.75, 3.05) is 38.7 Å². The van der Waals surface area contributed by atoms with E-state index in [9.17, 15) is 9.90 Å². The Morgan fingerprint density at radius 2 is 2.14 bits per heavy atom. The molecule has 3 aliphatic rings. The fourth-order valence-corrected chi connectivity index (χ4v) is 7.13. The number of aliphatic hydroxyl groups is 1. The number of ether oxygens (including phenoxy) is 1. The number of hydrogen-bond donors (Lipinski definition) is 2. The van der Waals surface area contributed by atoms with E-state index < -0.39 is 6.10 Å². The minimum Gasteiger partial charge on any atom is -0.392 e. The summed E-state index contributed by atoms with van der Waals surface area (Å²) >= 11 is 1.75. The summed E-state index contributed by atoms with van der Waals surface area (Å²) in [5.41, 5.74) is 1.21. The maximum absolute atomic E-state index is 13.0. The molecule has 156 valence electrons. The van der Waals surface area contributed by atoms with Crippen LogP contribution < -0.4 is 5.32 Å². The van der Waals surface area contributed by atoms with E-state index in [1.807, 2.05) is 18.9 Å². The largest absolute Gasteiger partial charge is 0.392 e. The van der Waals surface area contributed by atoms with Crippen LogP contribution in [0.2, 0.25) is 0 Å². The molecule has 0 unspecified atom stereocenters. The van der Waals surface area contributed by atoms with Gasteiger partial charge in [0.05, 0.1) is 25.0 Å². The first-order valence-electron chi connectivity index (χ1n) is 10.6. The van der Waals surface area contributed by atoms with Crippen molar-refractivity contribution in [3.63, 3.8) is 0 Å². The smallest absolute Gasteiger partial charge is 0.225 e. The maximum Gasteiger partial charge on any atom is 0.225 e. The van der Waals surface area contributed by atoms with Gasteiger partial charge < -0.3 is 20.1 Å². The first kappa shape index (κ1) is 20.1. The highest BCUT2D eigenvalue weighted by Crippen LogP contribution is 2.57. The Hall–Kier alpha value is -1.18. The Morgan fingerprint density at radius 3 is 2.82 bits per heavy atom. The number of morpholine rings is 1. The fraction of sp³-hybridized carbons (Fsp3) is 0.810. The molecule has 1 aliphatic heterocycles. The van der Waals surface area contributed by atoms with E-state index in [0.717, 1.165) is 30.1 Å². The van der Waals surface area contributed by atoms with Crippen LogP contribution in [0.25, 0.3) is 0 Å². The molecule has 0 spiro atoms. The highest BCUT2D eigenvalue weighted by molar-refractivity contribution is 7.15. The van der Waals surface area contributed by atoms with E-state index in [1.165, 1.54) is 4.88 Å². The molecule has 6 atom stereocenters. The predicted molar refractivity (Wildman–Crippen MR) is 111 cm³/mol. The standard InChI is InChI=1S/C21H33N3O3S/c1-12(19(26)24-7-9-27-10-8-24)14-5-6-21(3)11-15-17(23-20(22-4)28-15)13(2)16(21)18(14)25/h12-14,16,18,25H,5-11H2,1-4H3,(H,22,23)/t12-,13+,14-,16+,18-,21+/m0/s1. The summed E-state index contributed by atoms with van der Waals surface area (Å²) in [5.74, 6) is 0.377. The van der Waals surface area contributed by atoms with Crippen molar-refractivity contribution in [1.29, 1.82) is 0 Å². The van der Waals surface area contributed by atoms with Crippen LogP contribution in [0.3, 0.4) is 0 Å². The molecule has 2 N–H and O–H groups in total. The molecule has 0 bridgehead atoms. The van der Waals surface area contributed by atoms with E-state index in [-0.39, 0.29) is 35.0 Å². The van der Waals surface area contributed by atoms with Crippen molar-refractivity contribution >= 4 is 22.4 Å². The molecule has 4 rings (SSSR count). The zero-order valence-electron chi connectivity index (χ0n) is 17.4. The molecule has 7 heteroatoms. The predicted octanol–water partition coefficient (Wildman–Crippen LogP) is 2.73. The van der Waals surface area contributed by atoms with Crippen molar-refractivity contribution in [2.45, 2.75) is 52.1 Å². The number of rotatable bonds is 3. The molecule has 0 radical (unpaired) electrons. The van der Waals surface area contributed by atoms with Crippen molar-refractivity contribution in [2.24, 2.45) is 23.2 Å². The number of aromatic nitrogens is 1. The maximum atomic E-state index is 13.0. The van der Waals surface area contributed by atoms with Crippen LogP contribution in [0.15, 0.2) is 0 Å². The van der Waals surface area contributed by atoms with Crippen LogP contribution in [0.1, 0.15) is 50.1 Å². The summed E-state index contributed by atoms with van der Waals surface area (Å²) in [6.07, 6.45) is 2.47. The Kier molecular flexibility index (Phi) is 5.44. The second-order valence-electron chi connectivity index (χ2n) is 9.14. The number of aliphatic hydroxyl groups excluding tert-OH is 1. The highest BCUT2D eigenvalue weighted by Gasteiger charge is 2.54. The van der Waals surface area contributed by atoms with Crippen LogP contribution in [0, 0.1) is 23.2 Å². The van der Waals surface area contributed by atoms with Gasteiger partial charge in [0.25, 0.3) is 0 Å². The number of anilines is 1. The monoisotopic (exact) mass is 407 g/mol. The molecule has 2 aliphatic carbocycles. The third kappa shape index (κ3) is 3.25. The first-order chi connectivity index (χ1) is 13.4.